The quantitative estimate of drug-likeness (QED) is 0.00900. The predicted molar refractivity (Wildman–Crippen MR) is 281 cm³/mol. The first-order valence-electron chi connectivity index (χ1n) is 22.8. The summed E-state index contributed by atoms with van der Waals surface area (Å²) in [7, 11) is 1.55. The van der Waals surface area contributed by atoms with E-state index in [1.807, 2.05) is 91.0 Å². The highest BCUT2D eigenvalue weighted by Gasteiger charge is 2.55. The number of esters is 3. The van der Waals surface area contributed by atoms with Gasteiger partial charge in [0.05, 0.1) is 7.11 Å². The molecule has 2 aliphatic heterocycles. The van der Waals surface area contributed by atoms with E-state index in [1.165, 1.54) is 34.9 Å². The molecular formula is C54H50ClN5O10S3. The average molecular weight is 1060 g/mol. The van der Waals surface area contributed by atoms with Crippen molar-refractivity contribution in [1.29, 1.82) is 0 Å². The molecule has 3 heterocycles. The van der Waals surface area contributed by atoms with Crippen LogP contribution >= 0.6 is 46.5 Å². The number of β-lactam (4-membered cyclic amide) rings is 1. The Balaban J connectivity index is 1.13. The molecule has 2 aliphatic rings. The number of thioether (sulfide) groups is 2. The van der Waals surface area contributed by atoms with Crippen LogP contribution in [-0.4, -0.2) is 86.5 Å². The maximum atomic E-state index is 14.8. The molecule has 73 heavy (non-hydrogen) atoms. The SMILES string of the molecule is COc1ccc(COC(=O)C2=C(CCl)CS[C@H]3[C@H](NC(=O)/C(=N\O[C@H](Sc4ccc(OC(C)=O)cc4)C(=O)OC(C)(C)C)c4csc(NC(c5ccccc5)(c5ccccc5)c5ccccc5)n4)C(=O)N23)cc1. The molecule has 0 saturated carbocycles. The van der Waals surface area contributed by atoms with Gasteiger partial charge in [0.2, 0.25) is 0 Å². The lowest BCUT2D eigenvalue weighted by Gasteiger charge is -2.49. The number of halogens is 1. The largest absolute Gasteiger partial charge is 0.497 e. The van der Waals surface area contributed by atoms with Crippen molar-refractivity contribution in [2.45, 2.75) is 67.2 Å². The fraction of sp³-hybridized carbons (Fsp3) is 0.241. The zero-order valence-electron chi connectivity index (χ0n) is 40.2. The van der Waals surface area contributed by atoms with E-state index in [9.17, 15) is 24.0 Å². The maximum Gasteiger partial charge on any atom is 0.361 e. The summed E-state index contributed by atoms with van der Waals surface area (Å²) in [5.74, 6) is -2.30. The van der Waals surface area contributed by atoms with Gasteiger partial charge < -0.3 is 34.4 Å². The smallest absolute Gasteiger partial charge is 0.361 e. The van der Waals surface area contributed by atoms with Crippen LogP contribution in [0, 0.1) is 0 Å². The molecule has 3 atom stereocenters. The van der Waals surface area contributed by atoms with Crippen LogP contribution in [0.4, 0.5) is 5.13 Å². The monoisotopic (exact) mass is 1060 g/mol. The number of fused-ring (bicyclic) bond motifs is 1. The third kappa shape index (κ3) is 12.2. The number of methoxy groups -OCH3 is 1. The number of ether oxygens (including phenoxy) is 4. The molecule has 1 fully saturated rings. The minimum absolute atomic E-state index is 0.0204. The minimum Gasteiger partial charge on any atom is -0.497 e. The first-order chi connectivity index (χ1) is 35.2. The summed E-state index contributed by atoms with van der Waals surface area (Å²) in [6, 6.07) is 41.9. The van der Waals surface area contributed by atoms with E-state index in [0.717, 1.165) is 28.5 Å². The van der Waals surface area contributed by atoms with Gasteiger partial charge in [-0.1, -0.05) is 120 Å². The minimum atomic E-state index is -1.47. The molecule has 1 aromatic heterocycles. The number of hydrogen-bond donors (Lipinski definition) is 2. The third-order valence-electron chi connectivity index (χ3n) is 11.3. The first kappa shape index (κ1) is 52.2. The highest BCUT2D eigenvalue weighted by Crippen LogP contribution is 2.43. The van der Waals surface area contributed by atoms with E-state index in [0.29, 0.717) is 32.7 Å². The van der Waals surface area contributed by atoms with Crippen LogP contribution in [0.1, 0.15) is 55.6 Å². The van der Waals surface area contributed by atoms with Crippen molar-refractivity contribution in [3.63, 3.8) is 0 Å². The van der Waals surface area contributed by atoms with Gasteiger partial charge in [0.25, 0.3) is 17.3 Å². The number of carbonyl (C=O) groups is 5. The van der Waals surface area contributed by atoms with E-state index < -0.39 is 57.7 Å². The van der Waals surface area contributed by atoms with Crippen LogP contribution in [0.2, 0.25) is 0 Å². The molecule has 6 aromatic rings. The zero-order chi connectivity index (χ0) is 51.7. The molecule has 0 radical (unpaired) electrons. The second-order valence-electron chi connectivity index (χ2n) is 17.5. The molecule has 1 saturated heterocycles. The summed E-state index contributed by atoms with van der Waals surface area (Å²) < 4.78 is 21.8. The molecule has 376 valence electrons. The van der Waals surface area contributed by atoms with Crippen molar-refractivity contribution >= 4 is 87.0 Å². The molecule has 0 spiro atoms. The Morgan fingerprint density at radius 1 is 0.849 bits per heavy atom. The Kier molecular flexibility index (Phi) is 16.6. The standard InChI is InChI=1S/C54H50ClN5O10S3/c1-33(61)68-40-25-27-41(28-26-40)73-51(50(65)69-53(2,3)4)70-59-43(42-32-72-52(56-42)58-54(36-15-9-6-10-16-36,37-17-11-7-12-18-37)38-19-13-8-14-20-38)46(62)57-44-47(63)60-45(35(29-55)31-71-48(44)60)49(64)67-30-34-21-23-39(66-5)24-22-34/h6-28,32,44,48,51H,29-31H2,1-5H3,(H,56,58)(H,57,62)/b59-43-/t44-,48+,51-/m1/s1. The van der Waals surface area contributed by atoms with Gasteiger partial charge in [0, 0.05) is 28.8 Å². The molecule has 2 amide bonds. The summed E-state index contributed by atoms with van der Waals surface area (Å²) in [5, 5.41) is 12.2. The van der Waals surface area contributed by atoms with Gasteiger partial charge in [0.15, 0.2) is 10.8 Å². The van der Waals surface area contributed by atoms with Crippen molar-refractivity contribution in [2.75, 3.05) is 24.1 Å². The van der Waals surface area contributed by atoms with Crippen LogP contribution < -0.4 is 20.1 Å². The third-order valence-corrected chi connectivity index (χ3v) is 14.7. The van der Waals surface area contributed by atoms with Crippen LogP contribution in [-0.2, 0) is 50.4 Å². The van der Waals surface area contributed by atoms with Crippen LogP contribution in [0.5, 0.6) is 11.5 Å². The van der Waals surface area contributed by atoms with Crippen molar-refractivity contribution in [1.82, 2.24) is 15.2 Å². The number of thiazole rings is 1. The Morgan fingerprint density at radius 2 is 1.44 bits per heavy atom. The number of amides is 2. The fourth-order valence-electron chi connectivity index (χ4n) is 7.95. The van der Waals surface area contributed by atoms with Crippen LogP contribution in [0.3, 0.4) is 0 Å². The number of rotatable bonds is 19. The number of benzene rings is 5. The number of anilines is 1. The van der Waals surface area contributed by atoms with Crippen molar-refractivity contribution in [2.24, 2.45) is 5.16 Å². The number of carbonyl (C=O) groups excluding carboxylic acids is 5. The lowest BCUT2D eigenvalue weighted by atomic mass is 9.77. The summed E-state index contributed by atoms with van der Waals surface area (Å²) >= 11 is 9.80. The Hall–Kier alpha value is -7.12. The molecule has 0 bridgehead atoms. The molecule has 15 nitrogen and oxygen atoms in total. The molecule has 19 heteroatoms. The van der Waals surface area contributed by atoms with E-state index in [4.69, 9.17) is 40.4 Å². The Morgan fingerprint density at radius 3 is 1.99 bits per heavy atom. The summed E-state index contributed by atoms with van der Waals surface area (Å²) in [5.41, 5.74) is 0.246. The second-order valence-corrected chi connectivity index (χ2v) is 20.8. The second kappa shape index (κ2) is 23.2. The molecule has 0 aliphatic carbocycles. The number of hydrogen-bond acceptors (Lipinski definition) is 16. The maximum absolute atomic E-state index is 14.8. The molecule has 0 unspecified atom stereocenters. The number of oxime groups is 1. The van der Waals surface area contributed by atoms with E-state index in [2.05, 4.69) is 15.8 Å². The summed E-state index contributed by atoms with van der Waals surface area (Å²) in [6.45, 7) is 6.32. The van der Waals surface area contributed by atoms with Gasteiger partial charge in [-0.3, -0.25) is 19.3 Å². The lowest BCUT2D eigenvalue weighted by Crippen LogP contribution is -2.71. The van der Waals surface area contributed by atoms with Crippen molar-refractivity contribution in [3.05, 3.63) is 184 Å². The fourth-order valence-corrected chi connectivity index (χ4v) is 11.1. The average Bonchev–Trinajstić information content (AvgIpc) is 3.86. The molecule has 2 N–H and O–H groups in total. The Bertz CT molecular complexity index is 2910. The lowest BCUT2D eigenvalue weighted by molar-refractivity contribution is -0.162. The number of aromatic nitrogens is 1. The van der Waals surface area contributed by atoms with Crippen molar-refractivity contribution < 1.29 is 47.8 Å². The van der Waals surface area contributed by atoms with Crippen LogP contribution in [0.25, 0.3) is 0 Å². The van der Waals surface area contributed by atoms with E-state index in [-0.39, 0.29) is 35.3 Å². The normalized spacial score (nSPS) is 16.1. The highest BCUT2D eigenvalue weighted by atomic mass is 35.5. The highest BCUT2D eigenvalue weighted by molar-refractivity contribution is 8.00. The van der Waals surface area contributed by atoms with Gasteiger partial charge in [-0.25, -0.2) is 14.6 Å². The topological polar surface area (TPSA) is 184 Å². The first-order valence-corrected chi connectivity index (χ1v) is 26.2. The number of nitrogens with one attached hydrogen (secondary N) is 2. The predicted octanol–water partition coefficient (Wildman–Crippen LogP) is 9.30. The molecule has 8 rings (SSSR count). The van der Waals surface area contributed by atoms with Gasteiger partial charge in [-0.2, -0.15) is 0 Å². The Labute approximate surface area is 439 Å². The molecule has 5 aromatic carbocycles. The van der Waals surface area contributed by atoms with Gasteiger partial charge >= 0.3 is 17.9 Å². The van der Waals surface area contributed by atoms with Crippen molar-refractivity contribution in [3.8, 4) is 11.5 Å². The molecular weight excluding hydrogens is 1010 g/mol. The van der Waals surface area contributed by atoms with Gasteiger partial charge in [-0.15, -0.1) is 34.7 Å². The van der Waals surface area contributed by atoms with Crippen LogP contribution in [0.15, 0.2) is 166 Å². The number of nitrogens with zero attached hydrogens (tertiary/aromatic N) is 3. The summed E-state index contributed by atoms with van der Waals surface area (Å²) in [6.07, 6.45) is 0. The summed E-state index contributed by atoms with van der Waals surface area (Å²) in [4.78, 5) is 80.9. The zero-order valence-corrected chi connectivity index (χ0v) is 43.4. The van der Waals surface area contributed by atoms with E-state index >= 15 is 0 Å². The van der Waals surface area contributed by atoms with Gasteiger partial charge in [0.1, 0.15) is 52.1 Å². The number of alkyl halides is 1. The van der Waals surface area contributed by atoms with Gasteiger partial charge in [-0.05, 0) is 85.0 Å². The van der Waals surface area contributed by atoms with E-state index in [1.54, 1.807) is 81.8 Å².